The van der Waals surface area contributed by atoms with Crippen molar-refractivity contribution in [1.82, 2.24) is 19.2 Å². The fourth-order valence-corrected chi connectivity index (χ4v) is 4.48. The van der Waals surface area contributed by atoms with Crippen molar-refractivity contribution < 1.29 is 4.79 Å². The maximum Gasteiger partial charge on any atom is 0.242 e. The fraction of sp³-hybridized carbons (Fsp3) is 0.320. The number of rotatable bonds is 8. The molecule has 6 nitrogen and oxygen atoms in total. The molecular formula is C25H28ClN5OS. The molecule has 0 atom stereocenters. The smallest absolute Gasteiger partial charge is 0.242 e. The quantitative estimate of drug-likeness (QED) is 0.485. The molecule has 1 amide bonds. The van der Waals surface area contributed by atoms with E-state index in [2.05, 4.69) is 38.5 Å². The zero-order valence-corrected chi connectivity index (χ0v) is 20.3. The van der Waals surface area contributed by atoms with E-state index in [-0.39, 0.29) is 5.91 Å². The van der Waals surface area contributed by atoms with Gasteiger partial charge in [0.2, 0.25) is 11.0 Å². The number of nitrogens with zero attached hydrogens (tertiary/aromatic N) is 5. The van der Waals surface area contributed by atoms with Gasteiger partial charge in [0.15, 0.2) is 0 Å². The van der Waals surface area contributed by atoms with Crippen molar-refractivity contribution >= 4 is 40.2 Å². The van der Waals surface area contributed by atoms with Crippen LogP contribution in [-0.2, 0) is 11.2 Å². The molecule has 0 radical (unpaired) electrons. The highest BCUT2D eigenvalue weighted by Crippen LogP contribution is 2.19. The van der Waals surface area contributed by atoms with Crippen molar-refractivity contribution in [3.8, 4) is 0 Å². The lowest BCUT2D eigenvalue weighted by molar-refractivity contribution is -0.131. The average Bonchev–Trinajstić information content (AvgIpc) is 3.30. The molecule has 3 aromatic rings. The van der Waals surface area contributed by atoms with Crippen LogP contribution in [0.15, 0.2) is 60.7 Å². The second-order valence-electron chi connectivity index (χ2n) is 8.15. The topological polar surface area (TPSA) is 52.6 Å². The first-order chi connectivity index (χ1) is 16.1. The van der Waals surface area contributed by atoms with Crippen molar-refractivity contribution in [2.24, 2.45) is 0 Å². The first-order valence-corrected chi connectivity index (χ1v) is 12.2. The summed E-state index contributed by atoms with van der Waals surface area (Å²) in [4.78, 5) is 23.6. The lowest BCUT2D eigenvalue weighted by Crippen LogP contribution is -2.50. The number of likely N-dealkylation sites (N-methyl/N-ethyl adjacent to an activating group) is 1. The minimum absolute atomic E-state index is 0.131. The Kier molecular flexibility index (Phi) is 8.10. The Hall–Kier alpha value is -2.74. The number of hydrogen-bond acceptors (Lipinski definition) is 6. The van der Waals surface area contributed by atoms with Crippen molar-refractivity contribution in [3.63, 3.8) is 0 Å². The molecule has 0 bridgehead atoms. The van der Waals surface area contributed by atoms with Gasteiger partial charge in [0.1, 0.15) is 5.82 Å². The SMILES string of the molecule is CN(CC(=O)N1CCN(CC=Cc2ccccc2)CC1)c1nc(Cc2ccc(Cl)cc2)ns1. The summed E-state index contributed by atoms with van der Waals surface area (Å²) in [6.07, 6.45) is 4.99. The number of aromatic nitrogens is 2. The van der Waals surface area contributed by atoms with Crippen molar-refractivity contribution in [2.75, 3.05) is 51.2 Å². The van der Waals surface area contributed by atoms with Crippen LogP contribution in [0.25, 0.3) is 6.08 Å². The molecule has 4 rings (SSSR count). The highest BCUT2D eigenvalue weighted by Gasteiger charge is 2.22. The Morgan fingerprint density at radius 2 is 1.82 bits per heavy atom. The monoisotopic (exact) mass is 481 g/mol. The molecule has 8 heteroatoms. The Morgan fingerprint density at radius 1 is 1.09 bits per heavy atom. The summed E-state index contributed by atoms with van der Waals surface area (Å²) in [6.45, 7) is 4.49. The summed E-state index contributed by atoms with van der Waals surface area (Å²) in [5.41, 5.74) is 2.32. The van der Waals surface area contributed by atoms with E-state index >= 15 is 0 Å². The molecule has 172 valence electrons. The maximum absolute atomic E-state index is 12.8. The van der Waals surface area contributed by atoms with Gasteiger partial charge >= 0.3 is 0 Å². The van der Waals surface area contributed by atoms with Gasteiger partial charge in [0.05, 0.1) is 6.54 Å². The van der Waals surface area contributed by atoms with Gasteiger partial charge in [-0.1, -0.05) is 66.2 Å². The molecule has 0 unspecified atom stereocenters. The number of carbonyl (C=O) groups is 1. The number of anilines is 1. The number of piperazine rings is 1. The van der Waals surface area contributed by atoms with Gasteiger partial charge in [0, 0.05) is 62.7 Å². The Morgan fingerprint density at radius 3 is 2.55 bits per heavy atom. The van der Waals surface area contributed by atoms with Crippen LogP contribution in [0.3, 0.4) is 0 Å². The van der Waals surface area contributed by atoms with Crippen LogP contribution in [0.4, 0.5) is 5.13 Å². The second-order valence-corrected chi connectivity index (χ2v) is 9.31. The summed E-state index contributed by atoms with van der Waals surface area (Å²) in [7, 11) is 1.90. The number of hydrogen-bond donors (Lipinski definition) is 0. The lowest BCUT2D eigenvalue weighted by Gasteiger charge is -2.34. The van der Waals surface area contributed by atoms with Gasteiger partial charge in [-0.2, -0.15) is 4.37 Å². The Bertz CT molecular complexity index is 1060. The summed E-state index contributed by atoms with van der Waals surface area (Å²) >= 11 is 7.28. The summed E-state index contributed by atoms with van der Waals surface area (Å²) in [5, 5.41) is 1.48. The molecule has 2 aromatic carbocycles. The molecule has 0 N–H and O–H groups in total. The van der Waals surface area contributed by atoms with E-state index in [1.807, 2.05) is 59.3 Å². The fourth-order valence-electron chi connectivity index (χ4n) is 3.71. The molecular weight excluding hydrogens is 454 g/mol. The van der Waals surface area contributed by atoms with Crippen LogP contribution >= 0.6 is 23.1 Å². The third-order valence-electron chi connectivity index (χ3n) is 5.63. The summed E-state index contributed by atoms with van der Waals surface area (Å²) < 4.78 is 4.45. The molecule has 0 saturated carbocycles. The van der Waals surface area contributed by atoms with E-state index in [1.165, 1.54) is 17.1 Å². The molecule has 1 aromatic heterocycles. The second kappa shape index (κ2) is 11.4. The molecule has 2 heterocycles. The average molecular weight is 482 g/mol. The largest absolute Gasteiger partial charge is 0.341 e. The predicted molar refractivity (Wildman–Crippen MR) is 136 cm³/mol. The molecule has 33 heavy (non-hydrogen) atoms. The van der Waals surface area contributed by atoms with Crippen LogP contribution in [0.1, 0.15) is 17.0 Å². The minimum atomic E-state index is 0.131. The molecule has 1 aliphatic heterocycles. The van der Waals surface area contributed by atoms with Crippen LogP contribution in [0, 0.1) is 0 Å². The highest BCUT2D eigenvalue weighted by atomic mass is 35.5. The van der Waals surface area contributed by atoms with Crippen LogP contribution in [-0.4, -0.2) is 71.4 Å². The zero-order chi connectivity index (χ0) is 23.0. The van der Waals surface area contributed by atoms with Gasteiger partial charge < -0.3 is 9.80 Å². The maximum atomic E-state index is 12.8. The van der Waals surface area contributed by atoms with Crippen LogP contribution in [0.2, 0.25) is 5.02 Å². The van der Waals surface area contributed by atoms with E-state index in [0.717, 1.165) is 49.2 Å². The first kappa shape index (κ1) is 23.4. The van der Waals surface area contributed by atoms with Crippen LogP contribution in [0.5, 0.6) is 0 Å². The van der Waals surface area contributed by atoms with Crippen molar-refractivity contribution in [2.45, 2.75) is 6.42 Å². The van der Waals surface area contributed by atoms with Gasteiger partial charge in [-0.05, 0) is 23.3 Å². The number of carbonyl (C=O) groups excluding carboxylic acids is 1. The van der Waals surface area contributed by atoms with E-state index in [0.29, 0.717) is 18.0 Å². The predicted octanol–water partition coefficient (Wildman–Crippen LogP) is 4.08. The Labute approximate surface area is 204 Å². The lowest BCUT2D eigenvalue weighted by atomic mass is 10.1. The molecule has 0 spiro atoms. The summed E-state index contributed by atoms with van der Waals surface area (Å²) in [5.74, 6) is 0.889. The van der Waals surface area contributed by atoms with Gasteiger partial charge in [-0.15, -0.1) is 0 Å². The Balaban J connectivity index is 1.21. The van der Waals surface area contributed by atoms with E-state index in [1.54, 1.807) is 0 Å². The molecule has 1 fully saturated rings. The zero-order valence-electron chi connectivity index (χ0n) is 18.7. The number of halogens is 1. The third-order valence-corrected chi connectivity index (χ3v) is 6.75. The molecule has 0 aliphatic carbocycles. The van der Waals surface area contributed by atoms with E-state index in [9.17, 15) is 4.79 Å². The van der Waals surface area contributed by atoms with Gasteiger partial charge in [0.25, 0.3) is 0 Å². The number of benzene rings is 2. The van der Waals surface area contributed by atoms with Crippen LogP contribution < -0.4 is 4.90 Å². The molecule has 1 aliphatic rings. The third kappa shape index (κ3) is 6.87. The molecule has 1 saturated heterocycles. The standard InChI is InChI=1S/C25H28ClN5OS/c1-29(25-27-23(28-33-25)18-21-9-11-22(26)12-10-21)19-24(32)31-16-14-30(15-17-31)13-5-8-20-6-3-2-4-7-20/h2-12H,13-19H2,1H3. The normalized spacial score (nSPS) is 14.7. The number of amides is 1. The van der Waals surface area contributed by atoms with E-state index in [4.69, 9.17) is 11.6 Å². The van der Waals surface area contributed by atoms with Crippen molar-refractivity contribution in [1.29, 1.82) is 0 Å². The first-order valence-electron chi connectivity index (χ1n) is 11.1. The van der Waals surface area contributed by atoms with Crippen molar-refractivity contribution in [3.05, 3.63) is 82.6 Å². The summed E-state index contributed by atoms with van der Waals surface area (Å²) in [6, 6.07) is 18.0. The van der Waals surface area contributed by atoms with E-state index < -0.39 is 0 Å². The van der Waals surface area contributed by atoms with Gasteiger partial charge in [-0.25, -0.2) is 4.98 Å². The minimum Gasteiger partial charge on any atom is -0.341 e. The van der Waals surface area contributed by atoms with Gasteiger partial charge in [-0.3, -0.25) is 9.69 Å². The highest BCUT2D eigenvalue weighted by molar-refractivity contribution is 7.09.